The monoisotopic (exact) mass is 333 g/mol. The van der Waals surface area contributed by atoms with Crippen molar-refractivity contribution in [2.45, 2.75) is 13.0 Å². The topological polar surface area (TPSA) is 46.9 Å². The van der Waals surface area contributed by atoms with Gasteiger partial charge in [-0.25, -0.2) is 4.98 Å². The highest BCUT2D eigenvalue weighted by Gasteiger charge is 2.10. The van der Waals surface area contributed by atoms with Gasteiger partial charge in [0.2, 0.25) is 5.91 Å². The first-order valence-electron chi connectivity index (χ1n) is 6.29. The van der Waals surface area contributed by atoms with Gasteiger partial charge in [0.1, 0.15) is 5.82 Å². The molecule has 2 aromatic rings. The molecule has 104 valence electrons. The lowest BCUT2D eigenvalue weighted by Gasteiger charge is -2.08. The molecule has 0 spiro atoms. The van der Waals surface area contributed by atoms with Crippen LogP contribution in [-0.2, 0) is 17.8 Å². The zero-order valence-corrected chi connectivity index (χ0v) is 12.7. The number of hydrogen-bond donors (Lipinski definition) is 1. The molecule has 0 aliphatic rings. The van der Waals surface area contributed by atoms with Crippen LogP contribution >= 0.6 is 15.9 Å². The van der Waals surface area contributed by atoms with Crippen LogP contribution in [0.2, 0.25) is 0 Å². The van der Waals surface area contributed by atoms with Gasteiger partial charge in [0.15, 0.2) is 0 Å². The number of halogens is 1. The molecule has 0 aliphatic carbocycles. The molecule has 20 heavy (non-hydrogen) atoms. The van der Waals surface area contributed by atoms with E-state index in [1.54, 1.807) is 0 Å². The van der Waals surface area contributed by atoms with Gasteiger partial charge in [-0.2, -0.15) is 0 Å². The van der Waals surface area contributed by atoms with Crippen molar-refractivity contribution in [3.05, 3.63) is 53.8 Å². The largest absolute Gasteiger partial charge is 0.352 e. The molecule has 0 fully saturated rings. The number of fused-ring (bicyclic) bond motifs is 1. The highest BCUT2D eigenvalue weighted by atomic mass is 79.9. The Balaban J connectivity index is 2.24. The van der Waals surface area contributed by atoms with Crippen LogP contribution < -0.4 is 5.32 Å². The third kappa shape index (κ3) is 3.36. The number of nitrogens with zero attached hydrogens (tertiary/aromatic N) is 2. The fourth-order valence-corrected chi connectivity index (χ4v) is 2.28. The molecular formula is C15H16BrN3O. The predicted octanol–water partition coefficient (Wildman–Crippen LogP) is 2.79. The number of benzene rings is 1. The fraction of sp³-hybridized carbons (Fsp3) is 0.200. The zero-order chi connectivity index (χ0) is 14.5. The van der Waals surface area contributed by atoms with Gasteiger partial charge in [-0.3, -0.25) is 4.79 Å². The minimum Gasteiger partial charge on any atom is -0.352 e. The molecular weight excluding hydrogens is 318 g/mol. The van der Waals surface area contributed by atoms with Crippen molar-refractivity contribution in [2.24, 2.45) is 0 Å². The van der Waals surface area contributed by atoms with E-state index in [4.69, 9.17) is 0 Å². The maximum atomic E-state index is 11.2. The molecule has 0 radical (unpaired) electrons. The summed E-state index contributed by atoms with van der Waals surface area (Å²) < 4.78 is 2.99. The van der Waals surface area contributed by atoms with Gasteiger partial charge in [-0.1, -0.05) is 41.2 Å². The molecule has 2 rings (SSSR count). The molecule has 0 saturated carbocycles. The van der Waals surface area contributed by atoms with Gasteiger partial charge in [-0.05, 0) is 18.2 Å². The zero-order valence-electron chi connectivity index (χ0n) is 11.1. The summed E-state index contributed by atoms with van der Waals surface area (Å²) >= 11 is 3.39. The van der Waals surface area contributed by atoms with Crippen LogP contribution in [-0.4, -0.2) is 22.0 Å². The number of nitrogens with one attached hydrogen (secondary N) is 1. The van der Waals surface area contributed by atoms with Gasteiger partial charge in [-0.15, -0.1) is 0 Å². The van der Waals surface area contributed by atoms with E-state index in [0.29, 0.717) is 19.5 Å². The van der Waals surface area contributed by atoms with E-state index in [9.17, 15) is 4.79 Å². The summed E-state index contributed by atoms with van der Waals surface area (Å²) in [4.78, 5) is 15.8. The summed E-state index contributed by atoms with van der Waals surface area (Å²) in [7, 11) is 0. The number of carbonyl (C=O) groups is 1. The minimum atomic E-state index is -0.169. The number of hydrogen-bond acceptors (Lipinski definition) is 2. The van der Waals surface area contributed by atoms with Crippen LogP contribution in [0.15, 0.2) is 48.0 Å². The summed E-state index contributed by atoms with van der Waals surface area (Å²) in [6, 6.07) is 7.96. The van der Waals surface area contributed by atoms with Gasteiger partial charge < -0.3 is 9.88 Å². The second-order valence-electron chi connectivity index (χ2n) is 4.37. The number of imidazole rings is 1. The first-order valence-corrected chi connectivity index (χ1v) is 7.09. The van der Waals surface area contributed by atoms with Crippen molar-refractivity contribution < 1.29 is 4.79 Å². The molecule has 4 nitrogen and oxygen atoms in total. The molecule has 1 heterocycles. The van der Waals surface area contributed by atoms with Crippen LogP contribution in [0.25, 0.3) is 11.0 Å². The quantitative estimate of drug-likeness (QED) is 0.826. The molecule has 0 unspecified atom stereocenters. The van der Waals surface area contributed by atoms with Gasteiger partial charge in [0, 0.05) is 17.4 Å². The third-order valence-electron chi connectivity index (χ3n) is 2.90. The number of amides is 1. The van der Waals surface area contributed by atoms with Crippen LogP contribution in [0.3, 0.4) is 0 Å². The second-order valence-corrected chi connectivity index (χ2v) is 5.49. The molecule has 0 saturated heterocycles. The van der Waals surface area contributed by atoms with Crippen molar-refractivity contribution in [3.63, 3.8) is 0 Å². The molecule has 1 aromatic heterocycles. The van der Waals surface area contributed by atoms with E-state index < -0.39 is 0 Å². The van der Waals surface area contributed by atoms with Gasteiger partial charge in [0.05, 0.1) is 17.6 Å². The van der Waals surface area contributed by atoms with Crippen LogP contribution in [0.1, 0.15) is 5.82 Å². The minimum absolute atomic E-state index is 0.169. The Bertz CT molecular complexity index is 660. The molecule has 5 heteroatoms. The van der Waals surface area contributed by atoms with Crippen LogP contribution in [0.4, 0.5) is 0 Å². The Morgan fingerprint density at radius 2 is 2.20 bits per heavy atom. The van der Waals surface area contributed by atoms with Gasteiger partial charge in [0.25, 0.3) is 0 Å². The smallest absolute Gasteiger partial charge is 0.243 e. The molecule has 0 bridgehead atoms. The number of carbonyl (C=O) groups excluding carboxylic acids is 1. The number of allylic oxidation sites excluding steroid dienone is 1. The Kier molecular flexibility index (Phi) is 4.74. The Morgan fingerprint density at radius 3 is 2.90 bits per heavy atom. The molecule has 1 N–H and O–H groups in total. The highest BCUT2D eigenvalue weighted by Crippen LogP contribution is 2.19. The molecule has 0 atom stereocenters. The van der Waals surface area contributed by atoms with E-state index >= 15 is 0 Å². The van der Waals surface area contributed by atoms with Crippen molar-refractivity contribution in [1.82, 2.24) is 14.9 Å². The van der Waals surface area contributed by atoms with E-state index in [2.05, 4.69) is 44.0 Å². The summed E-state index contributed by atoms with van der Waals surface area (Å²) in [6.07, 6.45) is 1.93. The van der Waals surface area contributed by atoms with Gasteiger partial charge >= 0.3 is 0 Å². The van der Waals surface area contributed by atoms with Crippen molar-refractivity contribution in [3.8, 4) is 0 Å². The Hall–Kier alpha value is -1.88. The predicted molar refractivity (Wildman–Crippen MR) is 84.7 cm³/mol. The number of rotatable bonds is 6. The second kappa shape index (κ2) is 6.52. The van der Waals surface area contributed by atoms with Crippen molar-refractivity contribution in [2.75, 3.05) is 6.54 Å². The standard InChI is InChI=1S/C15H16BrN3O/c1-3-15(20)17-9-8-14-18-12-6-4-5-7-13(12)19(14)10-11(2)16/h3-7H,1-2,8-10H2,(H,17,20). The fourth-order valence-electron chi connectivity index (χ4n) is 2.03. The van der Waals surface area contributed by atoms with E-state index in [0.717, 1.165) is 21.3 Å². The SMILES string of the molecule is C=CC(=O)NCCc1nc2ccccc2n1CC(=C)Br. The van der Waals surface area contributed by atoms with Crippen molar-refractivity contribution in [1.29, 1.82) is 0 Å². The lowest BCUT2D eigenvalue weighted by molar-refractivity contribution is -0.116. The molecule has 1 amide bonds. The maximum absolute atomic E-state index is 11.2. The number of para-hydroxylation sites is 2. The Labute approximate surface area is 126 Å². The highest BCUT2D eigenvalue weighted by molar-refractivity contribution is 9.11. The summed E-state index contributed by atoms with van der Waals surface area (Å²) in [5, 5.41) is 2.76. The summed E-state index contributed by atoms with van der Waals surface area (Å²) in [6.45, 7) is 8.50. The Morgan fingerprint density at radius 1 is 1.45 bits per heavy atom. The van der Waals surface area contributed by atoms with E-state index in [-0.39, 0.29) is 5.91 Å². The normalized spacial score (nSPS) is 10.4. The summed E-state index contributed by atoms with van der Waals surface area (Å²) in [5.41, 5.74) is 2.02. The lowest BCUT2D eigenvalue weighted by Crippen LogP contribution is -2.24. The first-order chi connectivity index (χ1) is 9.61. The molecule has 1 aromatic carbocycles. The van der Waals surface area contributed by atoms with E-state index in [1.807, 2.05) is 24.3 Å². The number of aromatic nitrogens is 2. The first kappa shape index (κ1) is 14.5. The third-order valence-corrected chi connectivity index (χ3v) is 3.15. The molecule has 0 aliphatic heterocycles. The average Bonchev–Trinajstić information content (AvgIpc) is 2.76. The van der Waals surface area contributed by atoms with Crippen molar-refractivity contribution >= 4 is 32.9 Å². The maximum Gasteiger partial charge on any atom is 0.243 e. The van der Waals surface area contributed by atoms with Crippen LogP contribution in [0, 0.1) is 0 Å². The van der Waals surface area contributed by atoms with E-state index in [1.165, 1.54) is 6.08 Å². The van der Waals surface area contributed by atoms with Crippen LogP contribution in [0.5, 0.6) is 0 Å². The average molecular weight is 334 g/mol. The lowest BCUT2D eigenvalue weighted by atomic mass is 10.3. The summed E-state index contributed by atoms with van der Waals surface area (Å²) in [5.74, 6) is 0.758.